The number of ketones is 1. The monoisotopic (exact) mass is 296 g/mol. The molecule has 1 aliphatic rings. The van der Waals surface area contributed by atoms with Crippen molar-refractivity contribution < 1.29 is 14.3 Å². The summed E-state index contributed by atoms with van der Waals surface area (Å²) >= 11 is 0. The van der Waals surface area contributed by atoms with Gasteiger partial charge in [0.2, 0.25) is 0 Å². The number of hydrogen-bond donors (Lipinski definition) is 0. The van der Waals surface area contributed by atoms with Gasteiger partial charge in [-0.05, 0) is 25.0 Å². The summed E-state index contributed by atoms with van der Waals surface area (Å²) in [5.41, 5.74) is 1.95. The van der Waals surface area contributed by atoms with Crippen molar-refractivity contribution in [2.24, 2.45) is 0 Å². The number of allylic oxidation sites excluding steroid dienone is 3. The Morgan fingerprint density at radius 1 is 1.25 bits per heavy atom. The summed E-state index contributed by atoms with van der Waals surface area (Å²) in [5.74, 6) is 1.05. The third kappa shape index (κ3) is 5.25. The minimum atomic E-state index is -1.12. The van der Waals surface area contributed by atoms with Crippen LogP contribution in [0.5, 0.6) is 0 Å². The molecule has 0 aliphatic heterocycles. The lowest BCUT2D eigenvalue weighted by molar-refractivity contribution is -0.114. The van der Waals surface area contributed by atoms with Crippen LogP contribution in [-0.2, 0) is 14.3 Å². The zero-order valence-electron chi connectivity index (χ0n) is 13.5. The maximum Gasteiger partial charge on any atom is 0.166 e. The molecule has 0 heterocycles. The molecule has 3 nitrogen and oxygen atoms in total. The van der Waals surface area contributed by atoms with Crippen LogP contribution in [0.15, 0.2) is 23.0 Å². The van der Waals surface area contributed by atoms with E-state index in [1.54, 1.807) is 7.11 Å². The van der Waals surface area contributed by atoms with Gasteiger partial charge in [0.15, 0.2) is 5.78 Å². The van der Waals surface area contributed by atoms with Crippen LogP contribution in [0, 0.1) is 0 Å². The van der Waals surface area contributed by atoms with Crippen LogP contribution >= 0.6 is 0 Å². The highest BCUT2D eigenvalue weighted by Gasteiger charge is 2.27. The van der Waals surface area contributed by atoms with Crippen molar-refractivity contribution >= 4 is 13.9 Å². The molecule has 0 radical (unpaired) electrons. The number of Topliss-reactive ketones (excluding diaryl/α,β-unsaturated/α-hetero) is 1. The van der Waals surface area contributed by atoms with Gasteiger partial charge in [-0.2, -0.15) is 0 Å². The quantitative estimate of drug-likeness (QED) is 0.405. The molecule has 114 valence electrons. The summed E-state index contributed by atoms with van der Waals surface area (Å²) in [6.07, 6.45) is 4.18. The Hall–Kier alpha value is -0.873. The maximum atomic E-state index is 12.1. The van der Waals surface area contributed by atoms with Crippen LogP contribution in [0.4, 0.5) is 0 Å². The number of rotatable bonds is 7. The number of hydrogen-bond acceptors (Lipinski definition) is 3. The Morgan fingerprint density at radius 2 is 1.95 bits per heavy atom. The Kier molecular flexibility index (Phi) is 6.69. The SMILES string of the molecule is C/C=C1\CCC(=O)\C1=C(\CCOC)OCC[Si](C)(C)C. The smallest absolute Gasteiger partial charge is 0.166 e. The van der Waals surface area contributed by atoms with Gasteiger partial charge in [0.25, 0.3) is 0 Å². The van der Waals surface area contributed by atoms with Crippen molar-refractivity contribution in [3.05, 3.63) is 23.0 Å². The third-order valence-corrected chi connectivity index (χ3v) is 5.21. The number of carbonyl (C=O) groups excluding carboxylic acids is 1. The highest BCUT2D eigenvalue weighted by molar-refractivity contribution is 6.76. The average molecular weight is 296 g/mol. The number of methoxy groups -OCH3 is 1. The fourth-order valence-electron chi connectivity index (χ4n) is 2.25. The largest absolute Gasteiger partial charge is 0.497 e. The van der Waals surface area contributed by atoms with E-state index < -0.39 is 8.07 Å². The van der Waals surface area contributed by atoms with Gasteiger partial charge in [-0.3, -0.25) is 4.79 Å². The van der Waals surface area contributed by atoms with E-state index in [1.807, 2.05) is 13.0 Å². The second-order valence-corrected chi connectivity index (χ2v) is 12.1. The maximum absolute atomic E-state index is 12.1. The topological polar surface area (TPSA) is 35.5 Å². The minimum Gasteiger partial charge on any atom is -0.497 e. The summed E-state index contributed by atoms with van der Waals surface area (Å²) in [4.78, 5) is 12.1. The van der Waals surface area contributed by atoms with Crippen molar-refractivity contribution in [3.8, 4) is 0 Å². The van der Waals surface area contributed by atoms with Crippen LogP contribution in [-0.4, -0.2) is 34.2 Å². The molecule has 1 fully saturated rings. The van der Waals surface area contributed by atoms with E-state index in [9.17, 15) is 4.79 Å². The lowest BCUT2D eigenvalue weighted by Gasteiger charge is -2.19. The molecule has 0 aromatic carbocycles. The molecule has 0 bridgehead atoms. The van der Waals surface area contributed by atoms with E-state index in [0.717, 1.165) is 29.4 Å². The lowest BCUT2D eigenvalue weighted by Crippen LogP contribution is -2.22. The van der Waals surface area contributed by atoms with Gasteiger partial charge in [0, 0.05) is 28.0 Å². The van der Waals surface area contributed by atoms with Crippen LogP contribution in [0.2, 0.25) is 25.7 Å². The molecule has 0 aromatic heterocycles. The highest BCUT2D eigenvalue weighted by atomic mass is 28.3. The van der Waals surface area contributed by atoms with E-state index >= 15 is 0 Å². The summed E-state index contributed by atoms with van der Waals surface area (Å²) in [5, 5.41) is 0. The normalized spacial score (nSPS) is 20.6. The van der Waals surface area contributed by atoms with Crippen molar-refractivity contribution in [1.82, 2.24) is 0 Å². The highest BCUT2D eigenvalue weighted by Crippen LogP contribution is 2.31. The zero-order valence-corrected chi connectivity index (χ0v) is 14.5. The van der Waals surface area contributed by atoms with Gasteiger partial charge in [0.1, 0.15) is 5.76 Å². The molecule has 4 heteroatoms. The fourth-order valence-corrected chi connectivity index (χ4v) is 2.96. The molecule has 1 rings (SSSR count). The molecule has 0 atom stereocenters. The van der Waals surface area contributed by atoms with E-state index in [2.05, 4.69) is 19.6 Å². The van der Waals surface area contributed by atoms with Gasteiger partial charge in [-0.1, -0.05) is 25.7 Å². The van der Waals surface area contributed by atoms with Crippen molar-refractivity contribution in [3.63, 3.8) is 0 Å². The molecule has 0 aromatic rings. The fraction of sp³-hybridized carbons (Fsp3) is 0.688. The summed E-state index contributed by atoms with van der Waals surface area (Å²) in [6, 6.07) is 1.11. The second-order valence-electron chi connectivity index (χ2n) is 6.44. The average Bonchev–Trinajstić information content (AvgIpc) is 2.73. The van der Waals surface area contributed by atoms with Gasteiger partial charge in [0.05, 0.1) is 18.8 Å². The molecule has 0 N–H and O–H groups in total. The van der Waals surface area contributed by atoms with Crippen LogP contribution in [0.25, 0.3) is 0 Å². The summed E-state index contributed by atoms with van der Waals surface area (Å²) < 4.78 is 11.1. The minimum absolute atomic E-state index is 0.220. The van der Waals surface area contributed by atoms with E-state index in [4.69, 9.17) is 9.47 Å². The van der Waals surface area contributed by atoms with Gasteiger partial charge in [-0.25, -0.2) is 0 Å². The predicted octanol–water partition coefficient (Wildman–Crippen LogP) is 3.94. The first-order chi connectivity index (χ1) is 9.39. The van der Waals surface area contributed by atoms with E-state index in [-0.39, 0.29) is 5.78 Å². The van der Waals surface area contributed by atoms with Gasteiger partial charge in [-0.15, -0.1) is 0 Å². The molecular weight excluding hydrogens is 268 g/mol. The molecule has 0 unspecified atom stereocenters. The van der Waals surface area contributed by atoms with Crippen LogP contribution in [0.3, 0.4) is 0 Å². The van der Waals surface area contributed by atoms with Gasteiger partial charge >= 0.3 is 0 Å². The zero-order chi connectivity index (χ0) is 15.2. The Labute approximate surface area is 124 Å². The Morgan fingerprint density at radius 3 is 2.50 bits per heavy atom. The first-order valence-electron chi connectivity index (χ1n) is 7.42. The van der Waals surface area contributed by atoms with E-state index in [0.29, 0.717) is 26.1 Å². The van der Waals surface area contributed by atoms with Crippen molar-refractivity contribution in [2.45, 2.75) is 51.9 Å². The second kappa shape index (κ2) is 7.79. The van der Waals surface area contributed by atoms with Crippen molar-refractivity contribution in [2.75, 3.05) is 20.3 Å². The molecular formula is C16H28O3Si. The molecule has 20 heavy (non-hydrogen) atoms. The Balaban J connectivity index is 2.84. The summed E-state index contributed by atoms with van der Waals surface area (Å²) in [6.45, 7) is 10.3. The standard InChI is InChI=1S/C16H28O3Si/c1-6-13-7-8-14(17)16(13)15(9-10-18-2)19-11-12-20(3,4)5/h6H,7-12H2,1-5H3/b13-6+,16-15-. The lowest BCUT2D eigenvalue weighted by atomic mass is 10.1. The van der Waals surface area contributed by atoms with Crippen molar-refractivity contribution in [1.29, 1.82) is 0 Å². The third-order valence-electron chi connectivity index (χ3n) is 3.51. The predicted molar refractivity (Wildman–Crippen MR) is 85.6 cm³/mol. The number of carbonyl (C=O) groups is 1. The van der Waals surface area contributed by atoms with Crippen LogP contribution < -0.4 is 0 Å². The molecule has 0 spiro atoms. The molecule has 1 aliphatic carbocycles. The van der Waals surface area contributed by atoms with Gasteiger partial charge < -0.3 is 9.47 Å². The van der Waals surface area contributed by atoms with Crippen LogP contribution in [0.1, 0.15) is 26.2 Å². The molecule has 1 saturated carbocycles. The number of ether oxygens (including phenoxy) is 2. The first kappa shape index (κ1) is 17.2. The first-order valence-corrected chi connectivity index (χ1v) is 11.1. The summed E-state index contributed by atoms with van der Waals surface area (Å²) in [7, 11) is 0.562. The molecule has 0 saturated heterocycles. The molecule has 0 amide bonds. The Bertz CT molecular complexity index is 402. The van der Waals surface area contributed by atoms with E-state index in [1.165, 1.54) is 0 Å².